The Kier molecular flexibility index (Phi) is 8.60. The van der Waals surface area contributed by atoms with Crippen molar-refractivity contribution in [3.8, 4) is 0 Å². The fourth-order valence-corrected chi connectivity index (χ4v) is 2.65. The Morgan fingerprint density at radius 3 is 2.95 bits per heavy atom. The van der Waals surface area contributed by atoms with Gasteiger partial charge in [-0.25, -0.2) is 0 Å². The van der Waals surface area contributed by atoms with E-state index in [0.29, 0.717) is 12.6 Å². The average molecular weight is 403 g/mol. The molecule has 118 valence electrons. The normalized spacial score (nSPS) is 19.1. The maximum absolute atomic E-state index is 4.29. The zero-order valence-corrected chi connectivity index (χ0v) is 15.2. The van der Waals surface area contributed by atoms with Crippen LogP contribution in [0, 0.1) is 0 Å². The van der Waals surface area contributed by atoms with E-state index in [1.165, 1.54) is 19.4 Å². The number of likely N-dealkylation sites (tertiary alicyclic amines) is 1. The third kappa shape index (κ3) is 5.78. The summed E-state index contributed by atoms with van der Waals surface area (Å²) in [6.07, 6.45) is 4.39. The number of rotatable bonds is 5. The van der Waals surface area contributed by atoms with Crippen molar-refractivity contribution >= 4 is 29.9 Å². The highest BCUT2D eigenvalue weighted by atomic mass is 127. The van der Waals surface area contributed by atoms with Gasteiger partial charge in [-0.3, -0.25) is 14.9 Å². The third-order valence-corrected chi connectivity index (χ3v) is 3.80. The molecular weight excluding hydrogens is 377 g/mol. The maximum Gasteiger partial charge on any atom is 0.191 e. The summed E-state index contributed by atoms with van der Waals surface area (Å²) >= 11 is 0. The largest absolute Gasteiger partial charge is 0.355 e. The van der Waals surface area contributed by atoms with Gasteiger partial charge in [0.2, 0.25) is 0 Å². The number of nitrogens with one attached hydrogen (secondary N) is 2. The molecule has 0 bridgehead atoms. The van der Waals surface area contributed by atoms with Gasteiger partial charge in [0, 0.05) is 25.8 Å². The van der Waals surface area contributed by atoms with Crippen molar-refractivity contribution < 1.29 is 0 Å². The summed E-state index contributed by atoms with van der Waals surface area (Å²) in [5, 5.41) is 6.72. The van der Waals surface area contributed by atoms with Crippen molar-refractivity contribution in [1.29, 1.82) is 0 Å². The molecule has 1 saturated heterocycles. The number of pyridine rings is 1. The second-order valence-corrected chi connectivity index (χ2v) is 5.05. The van der Waals surface area contributed by atoms with E-state index >= 15 is 0 Å². The molecular formula is C15H26IN5. The van der Waals surface area contributed by atoms with Gasteiger partial charge < -0.3 is 10.6 Å². The minimum atomic E-state index is 0. The maximum atomic E-state index is 4.29. The molecule has 0 amide bonds. The first kappa shape index (κ1) is 18.2. The Labute approximate surface area is 144 Å². The average Bonchev–Trinajstić information content (AvgIpc) is 2.96. The van der Waals surface area contributed by atoms with Crippen LogP contribution in [0.15, 0.2) is 29.4 Å². The SMILES string of the molecule is CCN1CCCC1CNC(=NC)NCc1ccccn1.I. The quantitative estimate of drug-likeness (QED) is 0.448. The number of hydrogen-bond acceptors (Lipinski definition) is 3. The summed E-state index contributed by atoms with van der Waals surface area (Å²) < 4.78 is 0. The molecule has 0 spiro atoms. The van der Waals surface area contributed by atoms with Crippen molar-refractivity contribution in [2.45, 2.75) is 32.4 Å². The highest BCUT2D eigenvalue weighted by Crippen LogP contribution is 2.15. The van der Waals surface area contributed by atoms with Gasteiger partial charge in [-0.1, -0.05) is 13.0 Å². The molecule has 0 aromatic carbocycles. The first-order valence-corrected chi connectivity index (χ1v) is 7.42. The molecule has 2 N–H and O–H groups in total. The molecule has 1 aromatic heterocycles. The van der Waals surface area contributed by atoms with Crippen molar-refractivity contribution in [1.82, 2.24) is 20.5 Å². The fraction of sp³-hybridized carbons (Fsp3) is 0.600. The van der Waals surface area contributed by atoms with E-state index in [1.54, 1.807) is 7.05 Å². The van der Waals surface area contributed by atoms with Gasteiger partial charge in [0.1, 0.15) is 0 Å². The van der Waals surface area contributed by atoms with Gasteiger partial charge in [-0.15, -0.1) is 24.0 Å². The lowest BCUT2D eigenvalue weighted by atomic mass is 10.2. The summed E-state index contributed by atoms with van der Waals surface area (Å²) in [6, 6.07) is 6.57. The molecule has 2 rings (SSSR count). The third-order valence-electron chi connectivity index (χ3n) is 3.80. The zero-order chi connectivity index (χ0) is 14.2. The van der Waals surface area contributed by atoms with Gasteiger partial charge in [-0.05, 0) is 38.1 Å². The Balaban J connectivity index is 0.00000220. The highest BCUT2D eigenvalue weighted by molar-refractivity contribution is 14.0. The first-order valence-electron chi connectivity index (χ1n) is 7.42. The van der Waals surface area contributed by atoms with Crippen LogP contribution in [0.4, 0.5) is 0 Å². The Morgan fingerprint density at radius 2 is 2.29 bits per heavy atom. The van der Waals surface area contributed by atoms with Crippen molar-refractivity contribution in [2.24, 2.45) is 4.99 Å². The second-order valence-electron chi connectivity index (χ2n) is 5.05. The summed E-state index contributed by atoms with van der Waals surface area (Å²) in [7, 11) is 1.81. The number of likely N-dealkylation sites (N-methyl/N-ethyl adjacent to an activating group) is 1. The molecule has 2 heterocycles. The van der Waals surface area contributed by atoms with Crippen LogP contribution >= 0.6 is 24.0 Å². The summed E-state index contributed by atoms with van der Waals surface area (Å²) in [5.41, 5.74) is 1.02. The second kappa shape index (κ2) is 9.94. The Morgan fingerprint density at radius 1 is 1.43 bits per heavy atom. The number of aliphatic imine (C=N–C) groups is 1. The number of aromatic nitrogens is 1. The predicted octanol–water partition coefficient (Wildman–Crippen LogP) is 1.85. The molecule has 0 saturated carbocycles. The Hall–Kier alpha value is -0.890. The first-order chi connectivity index (χ1) is 9.83. The fourth-order valence-electron chi connectivity index (χ4n) is 2.65. The van der Waals surface area contributed by atoms with Gasteiger partial charge in [0.15, 0.2) is 5.96 Å². The van der Waals surface area contributed by atoms with Crippen molar-refractivity contribution in [3.05, 3.63) is 30.1 Å². The molecule has 1 aliphatic rings. The van der Waals surface area contributed by atoms with Crippen LogP contribution in [0.5, 0.6) is 0 Å². The van der Waals surface area contributed by atoms with Gasteiger partial charge in [0.05, 0.1) is 12.2 Å². The summed E-state index contributed by atoms with van der Waals surface area (Å²) in [6.45, 7) is 6.24. The Bertz CT molecular complexity index is 423. The van der Waals surface area contributed by atoms with Crippen LogP contribution in [-0.4, -0.2) is 48.6 Å². The minimum absolute atomic E-state index is 0. The lowest BCUT2D eigenvalue weighted by Gasteiger charge is -2.23. The van der Waals surface area contributed by atoms with E-state index in [4.69, 9.17) is 0 Å². The lowest BCUT2D eigenvalue weighted by molar-refractivity contribution is 0.267. The number of hydrogen-bond donors (Lipinski definition) is 2. The molecule has 6 heteroatoms. The van der Waals surface area contributed by atoms with Crippen LogP contribution in [0.2, 0.25) is 0 Å². The van der Waals surface area contributed by atoms with Gasteiger partial charge in [-0.2, -0.15) is 0 Å². The van der Waals surface area contributed by atoms with E-state index in [2.05, 4.69) is 32.4 Å². The summed E-state index contributed by atoms with van der Waals surface area (Å²) in [4.78, 5) is 11.1. The molecule has 0 aliphatic carbocycles. The minimum Gasteiger partial charge on any atom is -0.355 e. The predicted molar refractivity (Wildman–Crippen MR) is 98.1 cm³/mol. The number of nitrogens with zero attached hydrogens (tertiary/aromatic N) is 3. The monoisotopic (exact) mass is 403 g/mol. The van der Waals surface area contributed by atoms with Crippen LogP contribution in [0.1, 0.15) is 25.5 Å². The molecule has 1 atom stereocenters. The van der Waals surface area contributed by atoms with E-state index < -0.39 is 0 Å². The molecule has 5 nitrogen and oxygen atoms in total. The van der Waals surface area contributed by atoms with Crippen LogP contribution < -0.4 is 10.6 Å². The van der Waals surface area contributed by atoms with Gasteiger partial charge in [0.25, 0.3) is 0 Å². The molecule has 21 heavy (non-hydrogen) atoms. The standard InChI is InChI=1S/C15H25N5.HI/c1-3-20-10-6-8-14(20)12-19-15(16-2)18-11-13-7-4-5-9-17-13;/h4-5,7,9,14H,3,6,8,10-12H2,1-2H3,(H2,16,18,19);1H. The van der Waals surface area contributed by atoms with Crippen molar-refractivity contribution in [3.63, 3.8) is 0 Å². The number of guanidine groups is 1. The van der Waals surface area contributed by atoms with Crippen LogP contribution in [0.3, 0.4) is 0 Å². The van der Waals surface area contributed by atoms with Gasteiger partial charge >= 0.3 is 0 Å². The molecule has 1 aliphatic heterocycles. The molecule has 1 aromatic rings. The van der Waals surface area contributed by atoms with Crippen molar-refractivity contribution in [2.75, 3.05) is 26.7 Å². The van der Waals surface area contributed by atoms with E-state index in [9.17, 15) is 0 Å². The molecule has 0 radical (unpaired) electrons. The number of halogens is 1. The van der Waals surface area contributed by atoms with E-state index in [-0.39, 0.29) is 24.0 Å². The molecule has 1 fully saturated rings. The van der Waals surface area contributed by atoms with E-state index in [0.717, 1.165) is 24.7 Å². The lowest BCUT2D eigenvalue weighted by Crippen LogP contribution is -2.44. The topological polar surface area (TPSA) is 52.5 Å². The smallest absolute Gasteiger partial charge is 0.191 e. The highest BCUT2D eigenvalue weighted by Gasteiger charge is 2.22. The van der Waals surface area contributed by atoms with Crippen LogP contribution in [0.25, 0.3) is 0 Å². The summed E-state index contributed by atoms with van der Waals surface area (Å²) in [5.74, 6) is 0.846. The van der Waals surface area contributed by atoms with Crippen LogP contribution in [-0.2, 0) is 6.54 Å². The van der Waals surface area contributed by atoms with E-state index in [1.807, 2.05) is 24.4 Å². The zero-order valence-electron chi connectivity index (χ0n) is 12.9. The molecule has 1 unspecified atom stereocenters.